The molecule has 0 saturated heterocycles. The maximum absolute atomic E-state index is 12.3. The number of carbonyl (C=O) groups is 1. The number of aliphatic hydroxyl groups excluding tert-OH is 1. The molecule has 0 radical (unpaired) electrons. The van der Waals surface area contributed by atoms with Crippen LogP contribution in [0.25, 0.3) is 0 Å². The molecule has 2 aliphatic rings. The molecule has 0 aromatic heterocycles. The van der Waals surface area contributed by atoms with Crippen LogP contribution in [0.1, 0.15) is 40.2 Å². The Bertz CT molecular complexity index is 800. The van der Waals surface area contributed by atoms with Crippen molar-refractivity contribution >= 4 is 27.6 Å². The topological polar surface area (TPSA) is 67.8 Å². The molecule has 1 spiro atoms. The van der Waals surface area contributed by atoms with Gasteiger partial charge in [-0.2, -0.15) is 0 Å². The standard InChI is InChI=1S/C18H20BrNO4/c1-9-8-18(14(10(2)21)16(22)23-9)20-13-7-11(17(3,4)5)6-12(19)15(13)24-18/h6-8,20-21H,1-5H3/t18-/m1/s1. The molecule has 0 fully saturated rings. The number of aliphatic hydroxyl groups is 1. The van der Waals surface area contributed by atoms with Crippen LogP contribution in [0.4, 0.5) is 5.69 Å². The van der Waals surface area contributed by atoms with E-state index in [4.69, 9.17) is 9.47 Å². The van der Waals surface area contributed by atoms with Crippen LogP contribution in [0.5, 0.6) is 5.75 Å². The highest BCUT2D eigenvalue weighted by Crippen LogP contribution is 2.49. The van der Waals surface area contributed by atoms with E-state index in [-0.39, 0.29) is 16.7 Å². The van der Waals surface area contributed by atoms with E-state index in [2.05, 4.69) is 42.0 Å². The summed E-state index contributed by atoms with van der Waals surface area (Å²) in [6.07, 6.45) is 1.66. The summed E-state index contributed by atoms with van der Waals surface area (Å²) in [6, 6.07) is 4.01. The fraction of sp³-hybridized carbons (Fsp3) is 0.389. The van der Waals surface area contributed by atoms with Gasteiger partial charge in [0.2, 0.25) is 5.72 Å². The fourth-order valence-electron chi connectivity index (χ4n) is 2.94. The van der Waals surface area contributed by atoms with Gasteiger partial charge in [-0.25, -0.2) is 4.79 Å². The first-order chi connectivity index (χ1) is 11.0. The Kier molecular flexibility index (Phi) is 3.71. The first-order valence-electron chi connectivity index (χ1n) is 7.67. The van der Waals surface area contributed by atoms with E-state index in [1.54, 1.807) is 13.0 Å². The molecule has 24 heavy (non-hydrogen) atoms. The van der Waals surface area contributed by atoms with Gasteiger partial charge in [0, 0.05) is 6.08 Å². The second-order valence-electron chi connectivity index (χ2n) is 7.15. The molecule has 2 N–H and O–H groups in total. The highest BCUT2D eigenvalue weighted by molar-refractivity contribution is 9.10. The number of carbonyl (C=O) groups excluding carboxylic acids is 1. The summed E-state index contributed by atoms with van der Waals surface area (Å²) in [5, 5.41) is 13.3. The average molecular weight is 394 g/mol. The molecule has 0 saturated carbocycles. The Morgan fingerprint density at radius 1 is 1.33 bits per heavy atom. The molecule has 0 aliphatic carbocycles. The second-order valence-corrected chi connectivity index (χ2v) is 8.01. The molecule has 5 nitrogen and oxygen atoms in total. The van der Waals surface area contributed by atoms with Gasteiger partial charge in [-0.3, -0.25) is 0 Å². The summed E-state index contributed by atoms with van der Waals surface area (Å²) in [5.41, 5.74) is 0.615. The van der Waals surface area contributed by atoms with Crippen molar-refractivity contribution in [1.29, 1.82) is 0 Å². The lowest BCUT2D eigenvalue weighted by Gasteiger charge is -2.31. The van der Waals surface area contributed by atoms with Crippen LogP contribution in [0, 0.1) is 0 Å². The molecule has 0 amide bonds. The number of esters is 1. The van der Waals surface area contributed by atoms with Crippen molar-refractivity contribution in [3.8, 4) is 5.75 Å². The number of halogens is 1. The number of ether oxygens (including phenoxy) is 2. The Balaban J connectivity index is 2.16. The molecular formula is C18H20BrNO4. The minimum atomic E-state index is -1.26. The molecular weight excluding hydrogens is 374 g/mol. The fourth-order valence-corrected chi connectivity index (χ4v) is 3.48. The molecule has 6 heteroatoms. The number of benzene rings is 1. The van der Waals surface area contributed by atoms with Gasteiger partial charge in [0.05, 0.1) is 10.2 Å². The highest BCUT2D eigenvalue weighted by atomic mass is 79.9. The van der Waals surface area contributed by atoms with E-state index < -0.39 is 11.7 Å². The molecule has 2 aliphatic heterocycles. The van der Waals surface area contributed by atoms with Gasteiger partial charge in [-0.15, -0.1) is 0 Å². The number of allylic oxidation sites excluding steroid dienone is 2. The summed E-state index contributed by atoms with van der Waals surface area (Å²) in [4.78, 5) is 12.3. The van der Waals surface area contributed by atoms with Crippen LogP contribution < -0.4 is 10.1 Å². The Hall–Kier alpha value is -1.95. The number of cyclic esters (lactones) is 1. The molecule has 1 aromatic rings. The van der Waals surface area contributed by atoms with Gasteiger partial charge >= 0.3 is 5.97 Å². The van der Waals surface area contributed by atoms with Crippen molar-refractivity contribution in [2.45, 2.75) is 45.8 Å². The first kappa shape index (κ1) is 16.9. The minimum Gasteiger partial charge on any atom is -0.512 e. The molecule has 2 heterocycles. The quantitative estimate of drug-likeness (QED) is 0.384. The van der Waals surface area contributed by atoms with E-state index in [1.807, 2.05) is 12.1 Å². The molecule has 1 atom stereocenters. The lowest BCUT2D eigenvalue weighted by atomic mass is 9.87. The number of hydrogen-bond donors (Lipinski definition) is 2. The monoisotopic (exact) mass is 393 g/mol. The van der Waals surface area contributed by atoms with Crippen molar-refractivity contribution in [3.05, 3.63) is 45.3 Å². The number of fused-ring (bicyclic) bond motifs is 1. The smallest absolute Gasteiger partial charge is 0.349 e. The third kappa shape index (κ3) is 2.59. The normalized spacial score (nSPS) is 24.8. The van der Waals surface area contributed by atoms with Crippen molar-refractivity contribution in [3.63, 3.8) is 0 Å². The van der Waals surface area contributed by atoms with E-state index >= 15 is 0 Å². The number of rotatable bonds is 0. The van der Waals surface area contributed by atoms with Crippen LogP contribution in [0.3, 0.4) is 0 Å². The van der Waals surface area contributed by atoms with Crippen LogP contribution >= 0.6 is 15.9 Å². The van der Waals surface area contributed by atoms with E-state index in [0.717, 1.165) is 15.7 Å². The van der Waals surface area contributed by atoms with Crippen molar-refractivity contribution in [2.75, 3.05) is 5.32 Å². The Morgan fingerprint density at radius 2 is 2.00 bits per heavy atom. The van der Waals surface area contributed by atoms with Gasteiger partial charge in [0.15, 0.2) is 5.75 Å². The number of anilines is 1. The predicted octanol–water partition coefficient (Wildman–Crippen LogP) is 4.54. The molecule has 1 aromatic carbocycles. The Labute approximate surface area is 149 Å². The van der Waals surface area contributed by atoms with E-state index in [9.17, 15) is 9.90 Å². The van der Waals surface area contributed by atoms with E-state index in [1.165, 1.54) is 6.92 Å². The van der Waals surface area contributed by atoms with Crippen molar-refractivity contribution in [2.24, 2.45) is 0 Å². The zero-order valence-corrected chi connectivity index (χ0v) is 15.9. The summed E-state index contributed by atoms with van der Waals surface area (Å²) in [5.74, 6) is 0.247. The third-order valence-corrected chi connectivity index (χ3v) is 4.68. The zero-order valence-electron chi connectivity index (χ0n) is 14.3. The maximum atomic E-state index is 12.3. The van der Waals surface area contributed by atoms with Crippen LogP contribution in [-0.4, -0.2) is 16.8 Å². The summed E-state index contributed by atoms with van der Waals surface area (Å²) in [6.45, 7) is 9.48. The zero-order chi connectivity index (χ0) is 17.9. The second kappa shape index (κ2) is 5.28. The summed E-state index contributed by atoms with van der Waals surface area (Å²) < 4.78 is 12.0. The number of nitrogens with one attached hydrogen (secondary N) is 1. The van der Waals surface area contributed by atoms with Crippen LogP contribution in [-0.2, 0) is 14.9 Å². The van der Waals surface area contributed by atoms with Gasteiger partial charge in [-0.1, -0.05) is 20.8 Å². The average Bonchev–Trinajstić information content (AvgIpc) is 2.74. The predicted molar refractivity (Wildman–Crippen MR) is 95.0 cm³/mol. The van der Waals surface area contributed by atoms with E-state index in [0.29, 0.717) is 11.5 Å². The SMILES string of the molecule is CC1=C[C@]2(Nc3cc(C(C)(C)C)cc(Br)c3O2)C(=C(C)O)C(=O)O1. The molecule has 0 unspecified atom stereocenters. The number of hydrogen-bond acceptors (Lipinski definition) is 5. The molecule has 0 bridgehead atoms. The van der Waals surface area contributed by atoms with Crippen LogP contribution in [0.2, 0.25) is 0 Å². The van der Waals surface area contributed by atoms with Gasteiger partial charge < -0.3 is 19.9 Å². The van der Waals surface area contributed by atoms with Crippen LogP contribution in [0.15, 0.2) is 39.8 Å². The van der Waals surface area contributed by atoms with Gasteiger partial charge in [0.1, 0.15) is 17.1 Å². The minimum absolute atomic E-state index is 0.0439. The highest BCUT2D eigenvalue weighted by Gasteiger charge is 2.50. The summed E-state index contributed by atoms with van der Waals surface area (Å²) >= 11 is 3.55. The lowest BCUT2D eigenvalue weighted by molar-refractivity contribution is -0.138. The van der Waals surface area contributed by atoms with Crippen molar-refractivity contribution in [1.82, 2.24) is 0 Å². The van der Waals surface area contributed by atoms with Gasteiger partial charge in [0.25, 0.3) is 0 Å². The van der Waals surface area contributed by atoms with Crippen molar-refractivity contribution < 1.29 is 19.4 Å². The first-order valence-corrected chi connectivity index (χ1v) is 8.46. The Morgan fingerprint density at radius 3 is 2.58 bits per heavy atom. The lowest BCUT2D eigenvalue weighted by Crippen LogP contribution is -2.47. The summed E-state index contributed by atoms with van der Waals surface area (Å²) in [7, 11) is 0. The maximum Gasteiger partial charge on any atom is 0.349 e. The third-order valence-electron chi connectivity index (χ3n) is 4.09. The molecule has 128 valence electrons. The van der Waals surface area contributed by atoms with Gasteiger partial charge in [-0.05, 0) is 52.9 Å². The largest absolute Gasteiger partial charge is 0.512 e. The molecule has 3 rings (SSSR count).